The molecule has 1 aromatic heterocycles. The summed E-state index contributed by atoms with van der Waals surface area (Å²) in [5, 5.41) is 0. The fourth-order valence-electron chi connectivity index (χ4n) is 1.69. The molecule has 0 bridgehead atoms. The van der Waals surface area contributed by atoms with Crippen molar-refractivity contribution in [2.24, 2.45) is 0 Å². The molecule has 88 valence electrons. The third-order valence-corrected chi connectivity index (χ3v) is 3.03. The molecular formula is C13H11BrO3. The maximum Gasteiger partial charge on any atom is 0.338 e. The maximum atomic E-state index is 11.7. The minimum atomic E-state index is -0.354. The lowest BCUT2D eigenvalue weighted by Crippen LogP contribution is -2.03. The average molecular weight is 295 g/mol. The van der Waals surface area contributed by atoms with Crippen LogP contribution in [0.15, 0.2) is 39.4 Å². The molecule has 0 spiro atoms. The first-order valence-corrected chi connectivity index (χ1v) is 5.85. The molecule has 0 atom stereocenters. The van der Waals surface area contributed by atoms with Gasteiger partial charge in [0.1, 0.15) is 5.76 Å². The van der Waals surface area contributed by atoms with Crippen LogP contribution in [0, 0.1) is 6.92 Å². The number of rotatable bonds is 2. The lowest BCUT2D eigenvalue weighted by Gasteiger charge is -2.07. The minimum absolute atomic E-state index is 0.354. The van der Waals surface area contributed by atoms with Crippen LogP contribution in [0.25, 0.3) is 11.1 Å². The molecule has 0 amide bonds. The summed E-state index contributed by atoms with van der Waals surface area (Å²) in [7, 11) is 1.37. The summed E-state index contributed by atoms with van der Waals surface area (Å²) in [4.78, 5) is 11.7. The van der Waals surface area contributed by atoms with Gasteiger partial charge in [0.2, 0.25) is 0 Å². The highest BCUT2D eigenvalue weighted by Gasteiger charge is 2.16. The van der Waals surface area contributed by atoms with E-state index >= 15 is 0 Å². The molecule has 0 fully saturated rings. The van der Waals surface area contributed by atoms with Gasteiger partial charge in [0.05, 0.1) is 18.9 Å². The first kappa shape index (κ1) is 11.9. The highest BCUT2D eigenvalue weighted by molar-refractivity contribution is 9.10. The minimum Gasteiger partial charge on any atom is -0.469 e. The van der Waals surface area contributed by atoms with Crippen LogP contribution in [0.2, 0.25) is 0 Å². The maximum absolute atomic E-state index is 11.7. The summed E-state index contributed by atoms with van der Waals surface area (Å²) < 4.78 is 10.9. The Kier molecular flexibility index (Phi) is 3.33. The van der Waals surface area contributed by atoms with Crippen molar-refractivity contribution in [2.75, 3.05) is 7.11 Å². The largest absolute Gasteiger partial charge is 0.469 e. The van der Waals surface area contributed by atoms with Crippen LogP contribution < -0.4 is 0 Å². The molecule has 0 unspecified atom stereocenters. The van der Waals surface area contributed by atoms with Crippen LogP contribution >= 0.6 is 15.9 Å². The number of benzene rings is 1. The second kappa shape index (κ2) is 4.75. The number of aryl methyl sites for hydroxylation is 1. The van der Waals surface area contributed by atoms with Gasteiger partial charge in [0, 0.05) is 15.6 Å². The zero-order valence-electron chi connectivity index (χ0n) is 9.49. The third-order valence-electron chi connectivity index (χ3n) is 2.54. The van der Waals surface area contributed by atoms with Gasteiger partial charge in [-0.3, -0.25) is 0 Å². The van der Waals surface area contributed by atoms with E-state index < -0.39 is 0 Å². The smallest absolute Gasteiger partial charge is 0.338 e. The van der Waals surface area contributed by atoms with E-state index in [1.807, 2.05) is 25.1 Å². The van der Waals surface area contributed by atoms with Gasteiger partial charge < -0.3 is 9.15 Å². The molecule has 0 aliphatic carbocycles. The normalized spacial score (nSPS) is 10.3. The van der Waals surface area contributed by atoms with Crippen LogP contribution in [0.3, 0.4) is 0 Å². The van der Waals surface area contributed by atoms with E-state index in [2.05, 4.69) is 15.9 Å². The predicted octanol–water partition coefficient (Wildman–Crippen LogP) is 3.80. The Morgan fingerprint density at radius 3 is 2.65 bits per heavy atom. The Bertz CT molecular complexity index is 558. The number of esters is 1. The molecule has 4 heteroatoms. The van der Waals surface area contributed by atoms with Gasteiger partial charge in [-0.1, -0.05) is 15.9 Å². The second-order valence-electron chi connectivity index (χ2n) is 3.57. The molecule has 0 radical (unpaired) electrons. The number of carbonyl (C=O) groups is 1. The average Bonchev–Trinajstić information content (AvgIpc) is 2.74. The number of halogens is 1. The van der Waals surface area contributed by atoms with E-state index in [0.29, 0.717) is 5.56 Å². The molecular weight excluding hydrogens is 284 g/mol. The molecule has 0 N–H and O–H groups in total. The van der Waals surface area contributed by atoms with Crippen molar-refractivity contribution in [2.45, 2.75) is 6.92 Å². The van der Waals surface area contributed by atoms with Crippen molar-refractivity contribution >= 4 is 21.9 Å². The number of ether oxygens (including phenoxy) is 1. The summed E-state index contributed by atoms with van der Waals surface area (Å²) in [6.07, 6.45) is 1.60. The van der Waals surface area contributed by atoms with Crippen molar-refractivity contribution in [3.05, 3.63) is 46.3 Å². The lowest BCUT2D eigenvalue weighted by molar-refractivity contribution is 0.0601. The van der Waals surface area contributed by atoms with Gasteiger partial charge in [-0.2, -0.15) is 0 Å². The molecule has 1 heterocycles. The van der Waals surface area contributed by atoms with Gasteiger partial charge in [0.25, 0.3) is 0 Å². The van der Waals surface area contributed by atoms with Crippen molar-refractivity contribution in [1.29, 1.82) is 0 Å². The van der Waals surface area contributed by atoms with E-state index in [0.717, 1.165) is 21.4 Å². The standard InChI is InChI=1S/C13H11BrO3/c1-8-10(5-6-17-8)12-7-9(14)3-4-11(12)13(15)16-2/h3-7H,1-2H3. The Balaban J connectivity index is 2.63. The number of carbonyl (C=O) groups excluding carboxylic acids is 1. The zero-order chi connectivity index (χ0) is 12.4. The van der Waals surface area contributed by atoms with Crippen molar-refractivity contribution in [1.82, 2.24) is 0 Å². The van der Waals surface area contributed by atoms with Crippen molar-refractivity contribution in [3.63, 3.8) is 0 Å². The molecule has 2 rings (SSSR count). The molecule has 3 nitrogen and oxygen atoms in total. The van der Waals surface area contributed by atoms with Gasteiger partial charge in [-0.05, 0) is 31.2 Å². The number of methoxy groups -OCH3 is 1. The van der Waals surface area contributed by atoms with E-state index in [1.54, 1.807) is 12.3 Å². The van der Waals surface area contributed by atoms with E-state index in [4.69, 9.17) is 9.15 Å². The van der Waals surface area contributed by atoms with E-state index in [1.165, 1.54) is 7.11 Å². The van der Waals surface area contributed by atoms with Gasteiger partial charge in [-0.15, -0.1) is 0 Å². The van der Waals surface area contributed by atoms with Gasteiger partial charge in [-0.25, -0.2) is 4.79 Å². The van der Waals surface area contributed by atoms with Gasteiger partial charge in [0.15, 0.2) is 0 Å². The predicted molar refractivity (Wildman–Crippen MR) is 67.9 cm³/mol. The van der Waals surface area contributed by atoms with Crippen LogP contribution in [0.1, 0.15) is 16.1 Å². The molecule has 2 aromatic rings. The molecule has 1 aromatic carbocycles. The molecule has 0 saturated carbocycles. The molecule has 0 saturated heterocycles. The quantitative estimate of drug-likeness (QED) is 0.791. The Labute approximate surface area is 108 Å². The zero-order valence-corrected chi connectivity index (χ0v) is 11.1. The fourth-order valence-corrected chi connectivity index (χ4v) is 2.05. The van der Waals surface area contributed by atoms with Crippen LogP contribution in [0.4, 0.5) is 0 Å². The lowest BCUT2D eigenvalue weighted by atomic mass is 10.0. The number of furan rings is 1. The van der Waals surface area contributed by atoms with Crippen molar-refractivity contribution < 1.29 is 13.9 Å². The Morgan fingerprint density at radius 2 is 2.06 bits per heavy atom. The molecule has 0 aliphatic heterocycles. The first-order valence-electron chi connectivity index (χ1n) is 5.06. The van der Waals surface area contributed by atoms with E-state index in [9.17, 15) is 4.79 Å². The number of hydrogen-bond donors (Lipinski definition) is 0. The summed E-state index contributed by atoms with van der Waals surface area (Å²) in [6.45, 7) is 1.86. The monoisotopic (exact) mass is 294 g/mol. The van der Waals surface area contributed by atoms with Crippen LogP contribution in [-0.2, 0) is 4.74 Å². The third kappa shape index (κ3) is 2.26. The Hall–Kier alpha value is -1.55. The summed E-state index contributed by atoms with van der Waals surface area (Å²) in [6, 6.07) is 7.26. The fraction of sp³-hybridized carbons (Fsp3) is 0.154. The Morgan fingerprint density at radius 1 is 1.29 bits per heavy atom. The highest BCUT2D eigenvalue weighted by atomic mass is 79.9. The van der Waals surface area contributed by atoms with Gasteiger partial charge >= 0.3 is 5.97 Å². The van der Waals surface area contributed by atoms with Crippen LogP contribution in [0.5, 0.6) is 0 Å². The SMILES string of the molecule is COC(=O)c1ccc(Br)cc1-c1ccoc1C. The molecule has 0 aliphatic rings. The first-order chi connectivity index (χ1) is 8.13. The second-order valence-corrected chi connectivity index (χ2v) is 4.49. The summed E-state index contributed by atoms with van der Waals surface area (Å²) in [5.41, 5.74) is 2.23. The highest BCUT2D eigenvalue weighted by Crippen LogP contribution is 2.30. The number of hydrogen-bond acceptors (Lipinski definition) is 3. The topological polar surface area (TPSA) is 39.4 Å². The van der Waals surface area contributed by atoms with E-state index in [-0.39, 0.29) is 5.97 Å². The summed E-state index contributed by atoms with van der Waals surface area (Å²) in [5.74, 6) is 0.418. The van der Waals surface area contributed by atoms with Crippen molar-refractivity contribution in [3.8, 4) is 11.1 Å². The summed E-state index contributed by atoms with van der Waals surface area (Å²) >= 11 is 3.39. The van der Waals surface area contributed by atoms with Crippen LogP contribution in [-0.4, -0.2) is 13.1 Å². The molecule has 17 heavy (non-hydrogen) atoms.